The van der Waals surface area contributed by atoms with E-state index >= 15 is 0 Å². The van der Waals surface area contributed by atoms with Gasteiger partial charge in [0.25, 0.3) is 0 Å². The first-order chi connectivity index (χ1) is 13.3. The molecular weight excluding hydrogens is 356 g/mol. The molecule has 27 heavy (non-hydrogen) atoms. The topological polar surface area (TPSA) is 47.6 Å². The second kappa shape index (κ2) is 6.96. The molecule has 0 unspecified atom stereocenters. The number of quaternary nitrogens is 2. The molecule has 0 spiro atoms. The molecule has 6 heteroatoms. The van der Waals surface area contributed by atoms with Crippen LogP contribution in [0.1, 0.15) is 5.69 Å². The lowest BCUT2D eigenvalue weighted by molar-refractivity contribution is -0.958. The van der Waals surface area contributed by atoms with Crippen molar-refractivity contribution < 1.29 is 15.0 Å². The van der Waals surface area contributed by atoms with Crippen molar-refractivity contribution in [1.82, 2.24) is 9.38 Å². The summed E-state index contributed by atoms with van der Waals surface area (Å²) in [5.74, 6) is 0.879. The summed E-state index contributed by atoms with van der Waals surface area (Å²) < 4.78 is 9.00. The Labute approximate surface area is 162 Å². The van der Waals surface area contributed by atoms with Gasteiger partial charge in [-0.1, -0.05) is 23.5 Å². The summed E-state index contributed by atoms with van der Waals surface area (Å²) in [5.41, 5.74) is 4.86. The normalized spacial score (nSPS) is 15.6. The van der Waals surface area contributed by atoms with Gasteiger partial charge in [0.2, 0.25) is 0 Å². The number of aromatic nitrogens is 2. The molecule has 5 rings (SSSR count). The Hall–Kier alpha value is -2.41. The second-order valence-electron chi connectivity index (χ2n) is 7.12. The van der Waals surface area contributed by atoms with E-state index in [-0.39, 0.29) is 0 Å². The van der Waals surface area contributed by atoms with Crippen molar-refractivity contribution in [3.63, 3.8) is 0 Å². The van der Waals surface area contributed by atoms with Gasteiger partial charge in [-0.25, -0.2) is 4.98 Å². The van der Waals surface area contributed by atoms with Crippen LogP contribution in [0.15, 0.2) is 48.5 Å². The fourth-order valence-corrected chi connectivity index (χ4v) is 5.06. The van der Waals surface area contributed by atoms with E-state index in [1.165, 1.54) is 42.1 Å². The van der Waals surface area contributed by atoms with Crippen molar-refractivity contribution in [2.24, 2.45) is 0 Å². The Morgan fingerprint density at radius 1 is 1.11 bits per heavy atom. The van der Waals surface area contributed by atoms with Crippen molar-refractivity contribution in [3.05, 3.63) is 54.2 Å². The van der Waals surface area contributed by atoms with Crippen LogP contribution in [0.2, 0.25) is 0 Å². The fourth-order valence-electron chi connectivity index (χ4n) is 4.01. The van der Waals surface area contributed by atoms with E-state index in [0.717, 1.165) is 28.5 Å². The predicted molar refractivity (Wildman–Crippen MR) is 109 cm³/mol. The molecular formula is C21H24N4OS+2. The van der Waals surface area contributed by atoms with Gasteiger partial charge in [0.1, 0.15) is 44.2 Å². The molecule has 0 aliphatic carbocycles. The zero-order chi connectivity index (χ0) is 18.2. The lowest BCUT2D eigenvalue weighted by Gasteiger charge is -2.22. The molecule has 3 heterocycles. The van der Waals surface area contributed by atoms with Gasteiger partial charge in [0.15, 0.2) is 4.96 Å². The van der Waals surface area contributed by atoms with Gasteiger partial charge in [-0.2, -0.15) is 0 Å². The summed E-state index contributed by atoms with van der Waals surface area (Å²) in [4.78, 5) is 7.79. The van der Waals surface area contributed by atoms with Crippen LogP contribution < -0.4 is 15.0 Å². The molecule has 5 nitrogen and oxygen atoms in total. The number of nitrogens with one attached hydrogen (secondary N) is 1. The number of hydrogen-bond donors (Lipinski definition) is 2. The third-order valence-corrected chi connectivity index (χ3v) is 6.46. The molecule has 2 aromatic heterocycles. The van der Waals surface area contributed by atoms with Crippen LogP contribution in [0.5, 0.6) is 5.75 Å². The standard InChI is InChI=1S/C21H22N4OS/c1-26-16-8-6-15(7-9-16)20-18(14-24-12-10-22-11-13-24)25-17-4-2-3-5-19(17)27-21(25)23-20/h2-9,22H,10-14H2,1H3/p+2. The Balaban J connectivity index is 1.67. The van der Waals surface area contributed by atoms with Crippen LogP contribution >= 0.6 is 11.3 Å². The molecule has 0 radical (unpaired) electrons. The molecule has 0 saturated carbocycles. The van der Waals surface area contributed by atoms with Crippen LogP contribution in [0, 0.1) is 0 Å². The van der Waals surface area contributed by atoms with Gasteiger partial charge in [0.05, 0.1) is 23.0 Å². The largest absolute Gasteiger partial charge is 0.497 e. The SMILES string of the molecule is COc1ccc(-c2nc3sc4ccccc4n3c2C[NH+]2CC[NH2+]CC2)cc1. The Morgan fingerprint density at radius 2 is 1.89 bits per heavy atom. The predicted octanol–water partition coefficient (Wildman–Crippen LogP) is 1.19. The highest BCUT2D eigenvalue weighted by Gasteiger charge is 2.24. The zero-order valence-corrected chi connectivity index (χ0v) is 16.3. The first-order valence-electron chi connectivity index (χ1n) is 9.52. The van der Waals surface area contributed by atoms with Gasteiger partial charge in [-0.3, -0.25) is 4.40 Å². The number of imidazole rings is 1. The molecule has 1 saturated heterocycles. The van der Waals surface area contributed by atoms with Crippen molar-refractivity contribution >= 4 is 26.5 Å². The maximum atomic E-state index is 5.33. The van der Waals surface area contributed by atoms with Crippen LogP contribution in [0.25, 0.3) is 26.4 Å². The lowest BCUT2D eigenvalue weighted by Crippen LogP contribution is -3.19. The summed E-state index contributed by atoms with van der Waals surface area (Å²) in [7, 11) is 1.70. The first-order valence-corrected chi connectivity index (χ1v) is 10.3. The van der Waals surface area contributed by atoms with E-state index in [1.54, 1.807) is 23.3 Å². The van der Waals surface area contributed by atoms with Gasteiger partial charge < -0.3 is 15.0 Å². The molecule has 0 bridgehead atoms. The number of methoxy groups -OCH3 is 1. The van der Waals surface area contributed by atoms with Crippen molar-refractivity contribution in [1.29, 1.82) is 0 Å². The number of nitrogens with two attached hydrogens (primary N) is 1. The van der Waals surface area contributed by atoms with Gasteiger partial charge >= 0.3 is 0 Å². The average molecular weight is 381 g/mol. The minimum Gasteiger partial charge on any atom is -0.497 e. The maximum Gasteiger partial charge on any atom is 0.195 e. The lowest BCUT2D eigenvalue weighted by atomic mass is 10.1. The number of rotatable bonds is 4. The molecule has 1 aliphatic heterocycles. The Bertz CT molecular complexity index is 1080. The zero-order valence-electron chi connectivity index (χ0n) is 15.4. The van der Waals surface area contributed by atoms with Crippen molar-refractivity contribution in [2.75, 3.05) is 33.3 Å². The molecule has 138 valence electrons. The first kappa shape index (κ1) is 16.7. The van der Waals surface area contributed by atoms with Gasteiger partial charge in [-0.05, 0) is 36.4 Å². The molecule has 1 aliphatic rings. The quantitative estimate of drug-likeness (QED) is 0.559. The van der Waals surface area contributed by atoms with Gasteiger partial charge in [0, 0.05) is 5.56 Å². The third kappa shape index (κ3) is 3.00. The smallest absolute Gasteiger partial charge is 0.195 e. The molecule has 0 atom stereocenters. The average Bonchev–Trinajstić information content (AvgIpc) is 3.25. The van der Waals surface area contributed by atoms with Crippen LogP contribution in [-0.2, 0) is 6.54 Å². The summed E-state index contributed by atoms with van der Waals surface area (Å²) >= 11 is 1.77. The van der Waals surface area contributed by atoms with Crippen LogP contribution in [-0.4, -0.2) is 42.7 Å². The van der Waals surface area contributed by atoms with E-state index in [9.17, 15) is 0 Å². The summed E-state index contributed by atoms with van der Waals surface area (Å²) in [5, 5.41) is 2.42. The van der Waals surface area contributed by atoms with E-state index < -0.39 is 0 Å². The molecule has 3 N–H and O–H groups in total. The number of thiazole rings is 1. The highest BCUT2D eigenvalue weighted by Crippen LogP contribution is 2.33. The van der Waals surface area contributed by atoms with Crippen molar-refractivity contribution in [3.8, 4) is 17.0 Å². The van der Waals surface area contributed by atoms with E-state index in [4.69, 9.17) is 9.72 Å². The Morgan fingerprint density at radius 3 is 2.67 bits per heavy atom. The number of benzene rings is 2. The third-order valence-electron chi connectivity index (χ3n) is 5.43. The van der Waals surface area contributed by atoms with Crippen LogP contribution in [0.4, 0.5) is 0 Å². The van der Waals surface area contributed by atoms with E-state index in [0.29, 0.717) is 0 Å². The van der Waals surface area contributed by atoms with E-state index in [1.807, 2.05) is 12.1 Å². The van der Waals surface area contributed by atoms with Crippen LogP contribution in [0.3, 0.4) is 0 Å². The molecule has 0 amide bonds. The number of piperazine rings is 1. The summed E-state index contributed by atoms with van der Waals surface area (Å²) in [6.45, 7) is 5.84. The summed E-state index contributed by atoms with van der Waals surface area (Å²) in [6, 6.07) is 16.9. The number of fused-ring (bicyclic) bond motifs is 3. The monoisotopic (exact) mass is 380 g/mol. The fraction of sp³-hybridized carbons (Fsp3) is 0.286. The minimum atomic E-state index is 0.879. The maximum absolute atomic E-state index is 5.33. The summed E-state index contributed by atoms with van der Waals surface area (Å²) in [6.07, 6.45) is 0. The Kier molecular flexibility index (Phi) is 4.32. The number of ether oxygens (including phenoxy) is 1. The van der Waals surface area contributed by atoms with Crippen molar-refractivity contribution in [2.45, 2.75) is 6.54 Å². The number of para-hydroxylation sites is 1. The highest BCUT2D eigenvalue weighted by molar-refractivity contribution is 7.23. The molecule has 1 fully saturated rings. The number of nitrogens with zero attached hydrogens (tertiary/aromatic N) is 2. The second-order valence-corrected chi connectivity index (χ2v) is 8.13. The minimum absolute atomic E-state index is 0.879. The highest BCUT2D eigenvalue weighted by atomic mass is 32.1. The molecule has 2 aromatic carbocycles. The van der Waals surface area contributed by atoms with E-state index in [2.05, 4.69) is 46.1 Å². The number of hydrogen-bond acceptors (Lipinski definition) is 3. The molecule has 4 aromatic rings. The van der Waals surface area contributed by atoms with Gasteiger partial charge in [-0.15, -0.1) is 0 Å².